The van der Waals surface area contributed by atoms with E-state index < -0.39 is 11.7 Å². The van der Waals surface area contributed by atoms with Crippen molar-refractivity contribution in [1.82, 2.24) is 5.32 Å². The second-order valence-electron chi connectivity index (χ2n) is 6.99. The van der Waals surface area contributed by atoms with Gasteiger partial charge in [0.1, 0.15) is 5.82 Å². The van der Waals surface area contributed by atoms with Crippen LogP contribution in [0, 0.1) is 5.82 Å². The van der Waals surface area contributed by atoms with Gasteiger partial charge < -0.3 is 20.3 Å². The average Bonchev–Trinajstić information content (AvgIpc) is 3.25. The quantitative estimate of drug-likeness (QED) is 0.667. The van der Waals surface area contributed by atoms with Crippen LogP contribution in [-0.2, 0) is 4.74 Å². The number of ether oxygens (including phenoxy) is 1. The van der Waals surface area contributed by atoms with E-state index in [1.54, 1.807) is 25.3 Å². The van der Waals surface area contributed by atoms with Crippen molar-refractivity contribution in [3.05, 3.63) is 59.4 Å². The molecule has 0 unspecified atom stereocenters. The summed E-state index contributed by atoms with van der Waals surface area (Å²) in [6.45, 7) is 2.88. The zero-order chi connectivity index (χ0) is 20.6. The monoisotopic (exact) mass is 399 g/mol. The van der Waals surface area contributed by atoms with Gasteiger partial charge in [0.25, 0.3) is 11.8 Å². The standard InChI is InChI=1S/C22H26FN3O3/c1-29-13-5-10-24-22(28)19-15-18(8-9-20(19)26-11-2-3-12-26)25-21(27)16-6-4-7-17(23)14-16/h4,6-9,14-15H,2-3,5,10-13H2,1H3,(H,24,28)(H,25,27). The summed E-state index contributed by atoms with van der Waals surface area (Å²) in [5.74, 6) is -1.09. The number of hydrogen-bond acceptors (Lipinski definition) is 4. The zero-order valence-electron chi connectivity index (χ0n) is 16.5. The summed E-state index contributed by atoms with van der Waals surface area (Å²) in [5, 5.41) is 5.66. The first-order valence-electron chi connectivity index (χ1n) is 9.81. The van der Waals surface area contributed by atoms with E-state index in [0.29, 0.717) is 24.4 Å². The van der Waals surface area contributed by atoms with Crippen molar-refractivity contribution in [3.63, 3.8) is 0 Å². The first-order chi connectivity index (χ1) is 14.1. The minimum absolute atomic E-state index is 0.190. The maximum absolute atomic E-state index is 13.4. The topological polar surface area (TPSA) is 70.7 Å². The Morgan fingerprint density at radius 2 is 1.90 bits per heavy atom. The fourth-order valence-electron chi connectivity index (χ4n) is 3.38. The lowest BCUT2D eigenvalue weighted by atomic mass is 10.1. The van der Waals surface area contributed by atoms with E-state index >= 15 is 0 Å². The second kappa shape index (κ2) is 10.0. The van der Waals surface area contributed by atoms with E-state index in [9.17, 15) is 14.0 Å². The molecule has 2 amide bonds. The van der Waals surface area contributed by atoms with Crippen LogP contribution in [0.1, 0.15) is 40.0 Å². The molecule has 0 radical (unpaired) electrons. The number of hydrogen-bond donors (Lipinski definition) is 2. The van der Waals surface area contributed by atoms with E-state index in [0.717, 1.165) is 38.0 Å². The van der Waals surface area contributed by atoms with Gasteiger partial charge in [-0.2, -0.15) is 0 Å². The number of nitrogens with zero attached hydrogens (tertiary/aromatic N) is 1. The van der Waals surface area contributed by atoms with E-state index in [1.165, 1.54) is 18.2 Å². The summed E-state index contributed by atoms with van der Waals surface area (Å²) in [5.41, 5.74) is 2.08. The fraction of sp³-hybridized carbons (Fsp3) is 0.364. The Kier molecular flexibility index (Phi) is 7.19. The number of carbonyl (C=O) groups is 2. The fourth-order valence-corrected chi connectivity index (χ4v) is 3.38. The molecule has 154 valence electrons. The molecule has 1 saturated heterocycles. The summed E-state index contributed by atoms with van der Waals surface area (Å²) in [6.07, 6.45) is 2.90. The number of benzene rings is 2. The largest absolute Gasteiger partial charge is 0.385 e. The average molecular weight is 399 g/mol. The molecule has 29 heavy (non-hydrogen) atoms. The van der Waals surface area contributed by atoms with Crippen molar-refractivity contribution >= 4 is 23.2 Å². The Morgan fingerprint density at radius 3 is 2.62 bits per heavy atom. The summed E-state index contributed by atoms with van der Waals surface area (Å²) in [7, 11) is 1.62. The summed E-state index contributed by atoms with van der Waals surface area (Å²) < 4.78 is 18.4. The molecule has 2 N–H and O–H groups in total. The highest BCUT2D eigenvalue weighted by molar-refractivity contribution is 6.06. The lowest BCUT2D eigenvalue weighted by Crippen LogP contribution is -2.29. The minimum Gasteiger partial charge on any atom is -0.385 e. The summed E-state index contributed by atoms with van der Waals surface area (Å²) in [4.78, 5) is 27.4. The van der Waals surface area contributed by atoms with Crippen LogP contribution in [0.3, 0.4) is 0 Å². The molecule has 3 rings (SSSR count). The van der Waals surface area contributed by atoms with Crippen LogP contribution in [0.25, 0.3) is 0 Å². The molecular formula is C22H26FN3O3. The molecule has 1 fully saturated rings. The third-order valence-electron chi connectivity index (χ3n) is 4.84. The van der Waals surface area contributed by atoms with Crippen molar-refractivity contribution in [2.75, 3.05) is 43.6 Å². The predicted octanol–water partition coefficient (Wildman–Crippen LogP) is 3.44. The zero-order valence-corrected chi connectivity index (χ0v) is 16.5. The van der Waals surface area contributed by atoms with Gasteiger partial charge in [0.15, 0.2) is 0 Å². The van der Waals surface area contributed by atoms with E-state index in [1.807, 2.05) is 6.07 Å². The van der Waals surface area contributed by atoms with Gasteiger partial charge in [0.05, 0.1) is 5.56 Å². The molecule has 2 aromatic rings. The van der Waals surface area contributed by atoms with Crippen molar-refractivity contribution in [1.29, 1.82) is 0 Å². The number of anilines is 2. The van der Waals surface area contributed by atoms with Crippen LogP contribution >= 0.6 is 0 Å². The Bertz CT molecular complexity index is 866. The van der Waals surface area contributed by atoms with E-state index in [4.69, 9.17) is 4.74 Å². The van der Waals surface area contributed by atoms with Crippen molar-refractivity contribution < 1.29 is 18.7 Å². The highest BCUT2D eigenvalue weighted by Crippen LogP contribution is 2.28. The highest BCUT2D eigenvalue weighted by Gasteiger charge is 2.20. The first kappa shape index (κ1) is 20.8. The normalized spacial score (nSPS) is 13.4. The van der Waals surface area contributed by atoms with Crippen molar-refractivity contribution in [2.45, 2.75) is 19.3 Å². The van der Waals surface area contributed by atoms with Gasteiger partial charge in [-0.3, -0.25) is 9.59 Å². The van der Waals surface area contributed by atoms with Crippen LogP contribution in [0.5, 0.6) is 0 Å². The second-order valence-corrected chi connectivity index (χ2v) is 6.99. The van der Waals surface area contributed by atoms with Crippen molar-refractivity contribution in [3.8, 4) is 0 Å². The maximum Gasteiger partial charge on any atom is 0.255 e. The van der Waals surface area contributed by atoms with E-state index in [2.05, 4.69) is 15.5 Å². The third kappa shape index (κ3) is 5.54. The van der Waals surface area contributed by atoms with Gasteiger partial charge in [0, 0.05) is 50.3 Å². The molecule has 1 aliphatic rings. The van der Waals surface area contributed by atoms with Crippen LogP contribution in [0.4, 0.5) is 15.8 Å². The Morgan fingerprint density at radius 1 is 1.10 bits per heavy atom. The lowest BCUT2D eigenvalue weighted by molar-refractivity contribution is 0.0947. The van der Waals surface area contributed by atoms with Gasteiger partial charge >= 0.3 is 0 Å². The number of nitrogens with one attached hydrogen (secondary N) is 2. The number of rotatable bonds is 8. The molecule has 0 aliphatic carbocycles. The third-order valence-corrected chi connectivity index (χ3v) is 4.84. The van der Waals surface area contributed by atoms with Gasteiger partial charge in [-0.15, -0.1) is 0 Å². The molecule has 7 heteroatoms. The number of amides is 2. The Balaban J connectivity index is 1.79. The smallest absolute Gasteiger partial charge is 0.255 e. The van der Waals surface area contributed by atoms with Crippen LogP contribution in [-0.4, -0.2) is 45.2 Å². The molecular weight excluding hydrogens is 373 g/mol. The van der Waals surface area contributed by atoms with Crippen LogP contribution in [0.15, 0.2) is 42.5 Å². The van der Waals surface area contributed by atoms with E-state index in [-0.39, 0.29) is 11.5 Å². The molecule has 6 nitrogen and oxygen atoms in total. The molecule has 0 saturated carbocycles. The highest BCUT2D eigenvalue weighted by atomic mass is 19.1. The molecule has 0 bridgehead atoms. The predicted molar refractivity (Wildman–Crippen MR) is 111 cm³/mol. The van der Waals surface area contributed by atoms with Crippen LogP contribution in [0.2, 0.25) is 0 Å². The molecule has 0 spiro atoms. The van der Waals surface area contributed by atoms with Gasteiger partial charge in [-0.1, -0.05) is 6.07 Å². The summed E-state index contributed by atoms with van der Waals surface area (Å²) in [6, 6.07) is 10.8. The molecule has 1 aliphatic heterocycles. The lowest BCUT2D eigenvalue weighted by Gasteiger charge is -2.22. The van der Waals surface area contributed by atoms with Crippen molar-refractivity contribution in [2.24, 2.45) is 0 Å². The summed E-state index contributed by atoms with van der Waals surface area (Å²) >= 11 is 0. The molecule has 0 atom stereocenters. The van der Waals surface area contributed by atoms with Crippen LogP contribution < -0.4 is 15.5 Å². The maximum atomic E-state index is 13.4. The minimum atomic E-state index is -0.474. The molecule has 1 heterocycles. The number of methoxy groups -OCH3 is 1. The number of halogens is 1. The Hall–Kier alpha value is -2.93. The molecule has 0 aromatic heterocycles. The first-order valence-corrected chi connectivity index (χ1v) is 9.81. The Labute approximate surface area is 170 Å². The van der Waals surface area contributed by atoms with Gasteiger partial charge in [-0.25, -0.2) is 4.39 Å². The van der Waals surface area contributed by atoms with Gasteiger partial charge in [-0.05, 0) is 55.7 Å². The number of carbonyl (C=O) groups excluding carboxylic acids is 2. The van der Waals surface area contributed by atoms with Gasteiger partial charge in [0.2, 0.25) is 0 Å². The molecule has 2 aromatic carbocycles. The SMILES string of the molecule is COCCCNC(=O)c1cc(NC(=O)c2cccc(F)c2)ccc1N1CCCC1.